The maximum absolute atomic E-state index is 11.9. The van der Waals surface area contributed by atoms with E-state index in [1.54, 1.807) is 18.3 Å². The van der Waals surface area contributed by atoms with Gasteiger partial charge in [-0.25, -0.2) is 4.79 Å². The minimum Gasteiger partial charge on any atom is -0.481 e. The van der Waals surface area contributed by atoms with Crippen LogP contribution in [0.2, 0.25) is 0 Å². The molecule has 19 heavy (non-hydrogen) atoms. The third kappa shape index (κ3) is 1.62. The third-order valence-electron chi connectivity index (χ3n) is 3.78. The molecule has 5 heteroatoms. The highest BCUT2D eigenvalue weighted by Crippen LogP contribution is 2.50. The first-order chi connectivity index (χ1) is 9.06. The van der Waals surface area contributed by atoms with Crippen LogP contribution in [0.1, 0.15) is 24.1 Å². The van der Waals surface area contributed by atoms with Gasteiger partial charge in [-0.1, -0.05) is 18.2 Å². The quantitative estimate of drug-likeness (QED) is 0.877. The molecule has 0 atom stereocenters. The summed E-state index contributed by atoms with van der Waals surface area (Å²) in [6.07, 6.45) is 2.87. The number of hydrogen-bond acceptors (Lipinski definition) is 2. The van der Waals surface area contributed by atoms with Crippen molar-refractivity contribution in [2.75, 3.05) is 0 Å². The number of nitrogens with one attached hydrogen (secondary N) is 1. The number of carboxylic acids is 1. The lowest BCUT2D eigenvalue weighted by atomic mass is 9.94. The molecule has 1 aromatic heterocycles. The Labute approximate surface area is 109 Å². The first-order valence-electron chi connectivity index (χ1n) is 6.16. The molecule has 0 unspecified atom stereocenters. The molecule has 0 radical (unpaired) electrons. The molecule has 3 rings (SSSR count). The summed E-state index contributed by atoms with van der Waals surface area (Å²) in [5.74, 6) is -0.818. The number of imidazole rings is 1. The minimum absolute atomic E-state index is 0.244. The van der Waals surface area contributed by atoms with Crippen LogP contribution in [0.15, 0.2) is 35.3 Å². The van der Waals surface area contributed by atoms with Crippen molar-refractivity contribution in [3.05, 3.63) is 52.2 Å². The smallest absolute Gasteiger partial charge is 0.330 e. The summed E-state index contributed by atoms with van der Waals surface area (Å²) in [4.78, 5) is 26.0. The van der Waals surface area contributed by atoms with Gasteiger partial charge in [0.05, 0.1) is 11.1 Å². The van der Waals surface area contributed by atoms with E-state index in [0.717, 1.165) is 5.69 Å². The van der Waals surface area contributed by atoms with E-state index in [2.05, 4.69) is 4.98 Å². The van der Waals surface area contributed by atoms with E-state index in [4.69, 9.17) is 0 Å². The molecule has 1 heterocycles. The maximum Gasteiger partial charge on any atom is 0.330 e. The van der Waals surface area contributed by atoms with E-state index in [1.165, 1.54) is 4.57 Å². The summed E-state index contributed by atoms with van der Waals surface area (Å²) in [7, 11) is 0. The van der Waals surface area contributed by atoms with Crippen molar-refractivity contribution >= 4 is 5.97 Å². The number of hydrogen-bond donors (Lipinski definition) is 2. The molecule has 1 aliphatic rings. The number of para-hydroxylation sites is 1. The van der Waals surface area contributed by atoms with Gasteiger partial charge in [0, 0.05) is 11.9 Å². The number of aromatic nitrogens is 2. The van der Waals surface area contributed by atoms with Gasteiger partial charge in [0.2, 0.25) is 0 Å². The van der Waals surface area contributed by atoms with Crippen molar-refractivity contribution in [3.8, 4) is 5.69 Å². The van der Waals surface area contributed by atoms with Crippen LogP contribution in [0.4, 0.5) is 0 Å². The summed E-state index contributed by atoms with van der Waals surface area (Å²) in [5, 5.41) is 9.42. The molecule has 1 fully saturated rings. The van der Waals surface area contributed by atoms with Gasteiger partial charge in [0.25, 0.3) is 0 Å². The Hall–Kier alpha value is -2.30. The number of H-pyrrole nitrogens is 1. The fourth-order valence-electron chi connectivity index (χ4n) is 2.55. The third-order valence-corrected chi connectivity index (χ3v) is 3.78. The molecule has 0 spiro atoms. The first kappa shape index (κ1) is 11.8. The molecule has 0 saturated heterocycles. The molecule has 2 aromatic rings. The summed E-state index contributed by atoms with van der Waals surface area (Å²) in [6.45, 7) is 1.81. The summed E-state index contributed by atoms with van der Waals surface area (Å²) in [5.41, 5.74) is 1.07. The van der Waals surface area contributed by atoms with Crippen LogP contribution in [0.25, 0.3) is 5.69 Å². The van der Waals surface area contributed by atoms with Crippen LogP contribution in [-0.2, 0) is 10.2 Å². The van der Waals surface area contributed by atoms with Gasteiger partial charge in [-0.3, -0.25) is 9.36 Å². The fourth-order valence-corrected chi connectivity index (χ4v) is 2.55. The van der Waals surface area contributed by atoms with Crippen molar-refractivity contribution in [1.82, 2.24) is 9.55 Å². The average Bonchev–Trinajstić information content (AvgIpc) is 3.13. The topological polar surface area (TPSA) is 75.1 Å². The van der Waals surface area contributed by atoms with E-state index in [9.17, 15) is 14.7 Å². The second-order valence-corrected chi connectivity index (χ2v) is 4.98. The van der Waals surface area contributed by atoms with Crippen LogP contribution in [0.3, 0.4) is 0 Å². The molecular weight excluding hydrogens is 244 g/mol. The number of carbonyl (C=O) groups is 1. The van der Waals surface area contributed by atoms with Gasteiger partial charge in [0.15, 0.2) is 0 Å². The zero-order valence-corrected chi connectivity index (χ0v) is 10.5. The Bertz CT molecular complexity index is 707. The number of aryl methyl sites for hydroxylation is 1. The second-order valence-electron chi connectivity index (χ2n) is 4.98. The Morgan fingerprint density at radius 2 is 2.05 bits per heavy atom. The lowest BCUT2D eigenvalue weighted by Crippen LogP contribution is -2.25. The second kappa shape index (κ2) is 3.85. The Kier molecular flexibility index (Phi) is 2.38. The summed E-state index contributed by atoms with van der Waals surface area (Å²) < 4.78 is 1.53. The predicted octanol–water partition coefficient (Wildman–Crippen LogP) is 1.59. The molecule has 1 saturated carbocycles. The largest absolute Gasteiger partial charge is 0.481 e. The standard InChI is InChI=1S/C14H14N2O3/c1-9-8-15-13(19)16(9)11-5-3-2-4-10(11)14(6-7-14)12(17)18/h2-5,8H,6-7H2,1H3,(H,15,19)(H,17,18). The lowest BCUT2D eigenvalue weighted by Gasteiger charge is -2.16. The van der Waals surface area contributed by atoms with Crippen molar-refractivity contribution in [3.63, 3.8) is 0 Å². The van der Waals surface area contributed by atoms with Gasteiger partial charge in [-0.05, 0) is 31.4 Å². The van der Waals surface area contributed by atoms with E-state index in [1.807, 2.05) is 19.1 Å². The van der Waals surface area contributed by atoms with Crippen LogP contribution >= 0.6 is 0 Å². The SMILES string of the molecule is Cc1c[nH]c(=O)n1-c1ccccc1C1(C(=O)O)CC1. The Morgan fingerprint density at radius 1 is 1.37 bits per heavy atom. The molecule has 0 aliphatic heterocycles. The molecular formula is C14H14N2O3. The highest BCUT2D eigenvalue weighted by Gasteiger charge is 2.53. The van der Waals surface area contributed by atoms with Gasteiger partial charge in [-0.2, -0.15) is 0 Å². The normalized spacial score (nSPS) is 16.3. The number of nitrogens with zero attached hydrogens (tertiary/aromatic N) is 1. The summed E-state index contributed by atoms with van der Waals surface area (Å²) >= 11 is 0. The number of carboxylic acid groups (broad SMARTS) is 1. The highest BCUT2D eigenvalue weighted by molar-refractivity contribution is 5.86. The molecule has 5 nitrogen and oxygen atoms in total. The zero-order valence-electron chi connectivity index (χ0n) is 10.5. The zero-order chi connectivity index (χ0) is 13.6. The fraction of sp³-hybridized carbons (Fsp3) is 0.286. The van der Waals surface area contributed by atoms with E-state index < -0.39 is 11.4 Å². The van der Waals surface area contributed by atoms with Gasteiger partial charge in [0.1, 0.15) is 0 Å². The van der Waals surface area contributed by atoms with Gasteiger partial charge < -0.3 is 10.1 Å². The lowest BCUT2D eigenvalue weighted by molar-refractivity contribution is -0.140. The molecule has 0 amide bonds. The van der Waals surface area contributed by atoms with Gasteiger partial charge in [-0.15, -0.1) is 0 Å². The molecule has 1 aromatic carbocycles. The van der Waals surface area contributed by atoms with Crippen LogP contribution in [-0.4, -0.2) is 20.6 Å². The Balaban J connectivity index is 2.25. The number of benzene rings is 1. The van der Waals surface area contributed by atoms with Crippen LogP contribution < -0.4 is 5.69 Å². The van der Waals surface area contributed by atoms with Crippen molar-refractivity contribution in [1.29, 1.82) is 0 Å². The van der Waals surface area contributed by atoms with Crippen molar-refractivity contribution in [2.45, 2.75) is 25.2 Å². The maximum atomic E-state index is 11.9. The number of aliphatic carboxylic acids is 1. The monoisotopic (exact) mass is 258 g/mol. The molecule has 1 aliphatic carbocycles. The van der Waals surface area contributed by atoms with E-state index >= 15 is 0 Å². The first-order valence-corrected chi connectivity index (χ1v) is 6.16. The Morgan fingerprint density at radius 3 is 2.58 bits per heavy atom. The van der Waals surface area contributed by atoms with E-state index in [-0.39, 0.29) is 5.69 Å². The minimum atomic E-state index is -0.820. The van der Waals surface area contributed by atoms with Gasteiger partial charge >= 0.3 is 11.7 Å². The molecule has 0 bridgehead atoms. The van der Waals surface area contributed by atoms with Crippen molar-refractivity contribution < 1.29 is 9.90 Å². The number of rotatable bonds is 3. The molecule has 98 valence electrons. The predicted molar refractivity (Wildman–Crippen MR) is 69.7 cm³/mol. The number of aromatic amines is 1. The van der Waals surface area contributed by atoms with Crippen LogP contribution in [0, 0.1) is 6.92 Å². The summed E-state index contributed by atoms with van der Waals surface area (Å²) in [6, 6.07) is 7.22. The van der Waals surface area contributed by atoms with Crippen molar-refractivity contribution in [2.24, 2.45) is 0 Å². The van der Waals surface area contributed by atoms with E-state index in [0.29, 0.717) is 24.1 Å². The highest BCUT2D eigenvalue weighted by atomic mass is 16.4. The average molecular weight is 258 g/mol. The van der Waals surface area contributed by atoms with Crippen LogP contribution in [0.5, 0.6) is 0 Å². The molecule has 2 N–H and O–H groups in total.